The van der Waals surface area contributed by atoms with Crippen molar-refractivity contribution in [3.05, 3.63) is 29.8 Å². The molecule has 1 aromatic rings. The molecule has 2 aliphatic heterocycles. The number of aromatic nitrogens is 1. The molecule has 23 heavy (non-hydrogen) atoms. The largest absolute Gasteiger partial charge is 0.384 e. The zero-order chi connectivity index (χ0) is 16.3. The van der Waals surface area contributed by atoms with E-state index in [1.54, 1.807) is 13.2 Å². The van der Waals surface area contributed by atoms with E-state index in [1.165, 1.54) is 6.07 Å². The van der Waals surface area contributed by atoms with Gasteiger partial charge in [0.25, 0.3) is 0 Å². The van der Waals surface area contributed by atoms with Gasteiger partial charge in [0.1, 0.15) is 5.82 Å². The minimum atomic E-state index is -0.389. The van der Waals surface area contributed by atoms with Crippen molar-refractivity contribution in [3.63, 3.8) is 0 Å². The third-order valence-electron chi connectivity index (χ3n) is 4.89. The van der Waals surface area contributed by atoms with E-state index in [0.29, 0.717) is 25.4 Å². The van der Waals surface area contributed by atoms with E-state index in [4.69, 9.17) is 9.47 Å². The Bertz CT molecular complexity index is 547. The van der Waals surface area contributed by atoms with Crippen LogP contribution in [0.5, 0.6) is 0 Å². The Morgan fingerprint density at radius 3 is 3.17 bits per heavy atom. The molecule has 3 rings (SSSR count). The second-order valence-corrected chi connectivity index (χ2v) is 6.51. The lowest BCUT2D eigenvalue weighted by molar-refractivity contribution is -0.161. The first-order valence-electron chi connectivity index (χ1n) is 8.12. The Balaban J connectivity index is 1.68. The molecule has 5 nitrogen and oxygen atoms in total. The van der Waals surface area contributed by atoms with Crippen LogP contribution >= 0.6 is 0 Å². The molecule has 0 saturated carbocycles. The third kappa shape index (κ3) is 3.53. The summed E-state index contributed by atoms with van der Waals surface area (Å²) in [7, 11) is 1.70. The molecule has 0 N–H and O–H groups in total. The quantitative estimate of drug-likeness (QED) is 0.848. The summed E-state index contributed by atoms with van der Waals surface area (Å²) in [5.41, 5.74) is 0.496. The third-order valence-corrected chi connectivity index (χ3v) is 4.89. The lowest BCUT2D eigenvalue weighted by atomic mass is 9.73. The van der Waals surface area contributed by atoms with Crippen LogP contribution in [-0.2, 0) is 20.7 Å². The molecule has 1 amide bonds. The van der Waals surface area contributed by atoms with Crippen LogP contribution in [0, 0.1) is 11.2 Å². The highest BCUT2D eigenvalue weighted by molar-refractivity contribution is 5.78. The highest BCUT2D eigenvalue weighted by Crippen LogP contribution is 2.40. The van der Waals surface area contributed by atoms with Gasteiger partial charge >= 0.3 is 0 Å². The van der Waals surface area contributed by atoms with Crippen LogP contribution in [0.25, 0.3) is 0 Å². The molecule has 6 heteroatoms. The summed E-state index contributed by atoms with van der Waals surface area (Å²) in [5.74, 6) is -0.357. The van der Waals surface area contributed by atoms with Gasteiger partial charge in [0.05, 0.1) is 25.3 Å². The minimum Gasteiger partial charge on any atom is -0.384 e. The number of ether oxygens (including phenoxy) is 2. The molecule has 0 aromatic carbocycles. The van der Waals surface area contributed by atoms with Gasteiger partial charge in [-0.1, -0.05) is 0 Å². The maximum absolute atomic E-state index is 12.9. The van der Waals surface area contributed by atoms with Crippen molar-refractivity contribution in [1.82, 2.24) is 9.88 Å². The summed E-state index contributed by atoms with van der Waals surface area (Å²) in [6, 6.07) is 2.90. The maximum Gasteiger partial charge on any atom is 0.228 e. The Morgan fingerprint density at radius 1 is 1.57 bits per heavy atom. The molecule has 0 unspecified atom stereocenters. The summed E-state index contributed by atoms with van der Waals surface area (Å²) in [6.45, 7) is 2.75. The van der Waals surface area contributed by atoms with E-state index in [2.05, 4.69) is 4.98 Å². The molecule has 2 saturated heterocycles. The van der Waals surface area contributed by atoms with Crippen molar-refractivity contribution in [2.45, 2.75) is 31.8 Å². The molecule has 0 bridgehead atoms. The smallest absolute Gasteiger partial charge is 0.228 e. The van der Waals surface area contributed by atoms with Gasteiger partial charge in [-0.2, -0.15) is 0 Å². The zero-order valence-corrected chi connectivity index (χ0v) is 13.5. The van der Waals surface area contributed by atoms with Gasteiger partial charge < -0.3 is 14.4 Å². The number of amides is 1. The van der Waals surface area contributed by atoms with Crippen LogP contribution in [0.3, 0.4) is 0 Å². The maximum atomic E-state index is 12.9. The lowest BCUT2D eigenvalue weighted by Gasteiger charge is -2.50. The lowest BCUT2D eigenvalue weighted by Crippen LogP contribution is -2.58. The summed E-state index contributed by atoms with van der Waals surface area (Å²) in [4.78, 5) is 18.4. The first kappa shape index (κ1) is 16.3. The highest BCUT2D eigenvalue weighted by Gasteiger charge is 2.46. The van der Waals surface area contributed by atoms with Gasteiger partial charge in [0.2, 0.25) is 5.91 Å². The predicted molar refractivity (Wildman–Crippen MR) is 82.4 cm³/mol. The van der Waals surface area contributed by atoms with E-state index < -0.39 is 0 Å². The monoisotopic (exact) mass is 322 g/mol. The number of piperidine rings is 1. The zero-order valence-electron chi connectivity index (χ0n) is 13.5. The molecule has 0 spiro atoms. The number of halogens is 1. The molecular weight excluding hydrogens is 299 g/mol. The van der Waals surface area contributed by atoms with E-state index in [-0.39, 0.29) is 29.7 Å². The summed E-state index contributed by atoms with van der Waals surface area (Å²) < 4.78 is 24.3. The SMILES string of the molecule is COC[C@@]12CCCO[C@H]1CCN(C(=O)Cc1ccc(F)cn1)C2. The van der Waals surface area contributed by atoms with Crippen molar-refractivity contribution in [2.75, 3.05) is 33.4 Å². The van der Waals surface area contributed by atoms with Crippen molar-refractivity contribution < 1.29 is 18.7 Å². The number of fused-ring (bicyclic) bond motifs is 1. The number of nitrogens with zero attached hydrogens (tertiary/aromatic N) is 2. The minimum absolute atomic E-state index is 0.0311. The molecule has 2 aliphatic rings. The summed E-state index contributed by atoms with van der Waals surface area (Å²) in [6.07, 6.45) is 4.38. The van der Waals surface area contributed by atoms with E-state index >= 15 is 0 Å². The number of hydrogen-bond acceptors (Lipinski definition) is 4. The van der Waals surface area contributed by atoms with E-state index in [0.717, 1.165) is 32.1 Å². The Morgan fingerprint density at radius 2 is 2.43 bits per heavy atom. The molecule has 3 heterocycles. The average molecular weight is 322 g/mol. The number of pyridine rings is 1. The summed E-state index contributed by atoms with van der Waals surface area (Å²) in [5, 5.41) is 0. The normalized spacial score (nSPS) is 27.6. The number of rotatable bonds is 4. The van der Waals surface area contributed by atoms with Crippen molar-refractivity contribution >= 4 is 5.91 Å². The Hall–Kier alpha value is -1.53. The molecule has 1 aromatic heterocycles. The van der Waals surface area contributed by atoms with Crippen molar-refractivity contribution in [2.24, 2.45) is 5.41 Å². The second-order valence-electron chi connectivity index (χ2n) is 6.51. The van der Waals surface area contributed by atoms with Gasteiger partial charge in [0.15, 0.2) is 0 Å². The predicted octanol–water partition coefficient (Wildman–Crippen LogP) is 1.81. The topological polar surface area (TPSA) is 51.7 Å². The van der Waals surface area contributed by atoms with Gasteiger partial charge in [0, 0.05) is 37.9 Å². The number of likely N-dealkylation sites (tertiary alicyclic amines) is 1. The highest BCUT2D eigenvalue weighted by atomic mass is 19.1. The molecular formula is C17H23FN2O3. The van der Waals surface area contributed by atoms with Gasteiger partial charge in [-0.05, 0) is 31.4 Å². The molecule has 0 radical (unpaired) electrons. The van der Waals surface area contributed by atoms with Crippen molar-refractivity contribution in [1.29, 1.82) is 0 Å². The van der Waals surface area contributed by atoms with Crippen LogP contribution in [0.4, 0.5) is 4.39 Å². The number of methoxy groups -OCH3 is 1. The van der Waals surface area contributed by atoms with E-state index in [1.807, 2.05) is 4.90 Å². The van der Waals surface area contributed by atoms with Crippen LogP contribution in [0.1, 0.15) is 25.0 Å². The fourth-order valence-electron chi connectivity index (χ4n) is 3.78. The van der Waals surface area contributed by atoms with Gasteiger partial charge in [-0.25, -0.2) is 4.39 Å². The van der Waals surface area contributed by atoms with Crippen molar-refractivity contribution in [3.8, 4) is 0 Å². The molecule has 0 aliphatic carbocycles. The number of carbonyl (C=O) groups is 1. The van der Waals surface area contributed by atoms with Crippen LogP contribution in [0.15, 0.2) is 18.3 Å². The van der Waals surface area contributed by atoms with Crippen LogP contribution in [-0.4, -0.2) is 55.3 Å². The van der Waals surface area contributed by atoms with E-state index in [9.17, 15) is 9.18 Å². The Labute approximate surface area is 135 Å². The number of hydrogen-bond donors (Lipinski definition) is 0. The van der Waals surface area contributed by atoms with Gasteiger partial charge in [-0.3, -0.25) is 9.78 Å². The summed E-state index contributed by atoms with van der Waals surface area (Å²) >= 11 is 0. The van der Waals surface area contributed by atoms with Crippen LogP contribution < -0.4 is 0 Å². The average Bonchev–Trinajstić information content (AvgIpc) is 2.56. The molecule has 2 atom stereocenters. The number of carbonyl (C=O) groups excluding carboxylic acids is 1. The van der Waals surface area contributed by atoms with Gasteiger partial charge in [-0.15, -0.1) is 0 Å². The first-order valence-corrected chi connectivity index (χ1v) is 8.12. The second kappa shape index (κ2) is 6.93. The molecule has 2 fully saturated rings. The molecule has 126 valence electrons. The first-order chi connectivity index (χ1) is 11.1. The fraction of sp³-hybridized carbons (Fsp3) is 0.647. The van der Waals surface area contributed by atoms with Crippen LogP contribution in [0.2, 0.25) is 0 Å². The standard InChI is InChI=1S/C17H23FN2O3/c1-22-12-17-6-2-8-23-15(17)5-7-20(11-17)16(21)9-14-4-3-13(18)10-19-14/h3-4,10,15H,2,5-9,11-12H2,1H3/t15-,17-/m0/s1. The Kier molecular flexibility index (Phi) is 4.92. The fourth-order valence-corrected chi connectivity index (χ4v) is 3.78.